The van der Waals surface area contributed by atoms with Crippen LogP contribution < -0.4 is 15.0 Å². The number of hydrogen-bond acceptors (Lipinski definition) is 9. The van der Waals surface area contributed by atoms with E-state index < -0.39 is 41.7 Å². The molecular weight excluding hydrogens is 458 g/mol. The molecule has 1 N–H and O–H groups in total. The molecular formula is C23H31N5O7. The zero-order valence-corrected chi connectivity index (χ0v) is 20.4. The topological polar surface area (TPSA) is 121 Å². The molecule has 3 aliphatic rings. The number of rotatable bonds is 4. The second kappa shape index (κ2) is 9.61. The first-order valence-electron chi connectivity index (χ1n) is 11.5. The number of amides is 4. The fourth-order valence-corrected chi connectivity index (χ4v) is 4.30. The molecule has 1 aromatic carbocycles. The smallest absolute Gasteiger partial charge is 0.434 e. The SMILES string of the molecule is COc1ccc(N2CCN(C(=O)ON3C(=O)C4CNCC(C(=O)OC(C)(C)C)N4C3=O)CC2)cc1. The Morgan fingerprint density at radius 3 is 2.26 bits per heavy atom. The standard InChI is InChI=1S/C23H31N5O7/c1-23(2,3)34-20(30)18-14-24-13-17-19(29)28(21(31)27(17)18)35-22(32)26-11-9-25(10-12-26)15-5-7-16(33-4)8-6-15/h5-8,17-18,24H,9-14H2,1-4H3. The highest BCUT2D eigenvalue weighted by molar-refractivity contribution is 6.05. The molecule has 190 valence electrons. The molecule has 0 spiro atoms. The van der Waals surface area contributed by atoms with Gasteiger partial charge in [0.25, 0.3) is 5.91 Å². The lowest BCUT2D eigenvalue weighted by atomic mass is 10.1. The number of urea groups is 1. The minimum Gasteiger partial charge on any atom is -0.497 e. The van der Waals surface area contributed by atoms with Gasteiger partial charge in [-0.05, 0) is 45.0 Å². The molecule has 3 aliphatic heterocycles. The van der Waals surface area contributed by atoms with Gasteiger partial charge in [-0.2, -0.15) is 0 Å². The fourth-order valence-electron chi connectivity index (χ4n) is 4.30. The molecule has 2 atom stereocenters. The minimum absolute atomic E-state index is 0.138. The Morgan fingerprint density at radius 2 is 1.66 bits per heavy atom. The molecule has 1 aromatic rings. The summed E-state index contributed by atoms with van der Waals surface area (Å²) in [5.41, 5.74) is 0.248. The maximum absolute atomic E-state index is 13.0. The predicted molar refractivity (Wildman–Crippen MR) is 124 cm³/mol. The third-order valence-corrected chi connectivity index (χ3v) is 6.05. The number of carbonyl (C=O) groups is 4. The first kappa shape index (κ1) is 24.6. The average Bonchev–Trinajstić information content (AvgIpc) is 3.08. The van der Waals surface area contributed by atoms with E-state index in [0.29, 0.717) is 31.2 Å². The number of piperazine rings is 2. The lowest BCUT2D eigenvalue weighted by Gasteiger charge is -2.36. The van der Waals surface area contributed by atoms with Gasteiger partial charge in [-0.3, -0.25) is 9.69 Å². The predicted octanol–water partition coefficient (Wildman–Crippen LogP) is 0.815. The normalized spacial score (nSPS) is 22.7. The van der Waals surface area contributed by atoms with Crippen molar-refractivity contribution in [3.8, 4) is 5.75 Å². The van der Waals surface area contributed by atoms with E-state index in [1.165, 1.54) is 4.90 Å². The van der Waals surface area contributed by atoms with Crippen LogP contribution in [0.15, 0.2) is 24.3 Å². The van der Waals surface area contributed by atoms with Crippen molar-refractivity contribution in [2.45, 2.75) is 38.5 Å². The van der Waals surface area contributed by atoms with Gasteiger partial charge >= 0.3 is 18.1 Å². The first-order valence-corrected chi connectivity index (χ1v) is 11.5. The van der Waals surface area contributed by atoms with Crippen LogP contribution in [0.3, 0.4) is 0 Å². The maximum Gasteiger partial charge on any atom is 0.434 e. The summed E-state index contributed by atoms with van der Waals surface area (Å²) in [5.74, 6) is -0.559. The Kier molecular flexibility index (Phi) is 6.75. The van der Waals surface area contributed by atoms with Crippen molar-refractivity contribution in [2.24, 2.45) is 0 Å². The highest BCUT2D eigenvalue weighted by Crippen LogP contribution is 2.26. The van der Waals surface area contributed by atoms with Crippen LogP contribution in [-0.2, 0) is 19.2 Å². The molecule has 0 aromatic heterocycles. The van der Waals surface area contributed by atoms with Crippen molar-refractivity contribution < 1.29 is 33.5 Å². The minimum atomic E-state index is -0.999. The molecule has 35 heavy (non-hydrogen) atoms. The van der Waals surface area contributed by atoms with Crippen LogP contribution in [0, 0.1) is 0 Å². The van der Waals surface area contributed by atoms with Gasteiger partial charge in [0.2, 0.25) is 0 Å². The summed E-state index contributed by atoms with van der Waals surface area (Å²) in [6, 6.07) is 4.83. The summed E-state index contributed by atoms with van der Waals surface area (Å²) < 4.78 is 10.6. The van der Waals surface area contributed by atoms with Crippen molar-refractivity contribution in [1.82, 2.24) is 20.2 Å². The number of carbonyl (C=O) groups excluding carboxylic acids is 4. The van der Waals surface area contributed by atoms with E-state index >= 15 is 0 Å². The summed E-state index contributed by atoms with van der Waals surface area (Å²) in [4.78, 5) is 61.3. The molecule has 3 heterocycles. The lowest BCUT2D eigenvalue weighted by Crippen LogP contribution is -2.60. The number of nitrogens with one attached hydrogen (secondary N) is 1. The van der Waals surface area contributed by atoms with Crippen molar-refractivity contribution >= 4 is 29.7 Å². The molecule has 0 aliphatic carbocycles. The average molecular weight is 490 g/mol. The second-order valence-corrected chi connectivity index (χ2v) is 9.58. The number of fused-ring (bicyclic) bond motifs is 1. The van der Waals surface area contributed by atoms with Crippen LogP contribution in [-0.4, -0.2) is 103 Å². The Hall–Kier alpha value is -3.54. The number of benzene rings is 1. The van der Waals surface area contributed by atoms with Gasteiger partial charge < -0.3 is 29.4 Å². The van der Waals surface area contributed by atoms with Crippen molar-refractivity contribution in [2.75, 3.05) is 51.3 Å². The Balaban J connectivity index is 1.37. The first-order chi connectivity index (χ1) is 16.6. The molecule has 0 bridgehead atoms. The largest absolute Gasteiger partial charge is 0.497 e. The molecule has 0 saturated carbocycles. The summed E-state index contributed by atoms with van der Waals surface area (Å²) in [7, 11) is 1.61. The summed E-state index contributed by atoms with van der Waals surface area (Å²) >= 11 is 0. The highest BCUT2D eigenvalue weighted by Gasteiger charge is 2.54. The number of ether oxygens (including phenoxy) is 2. The molecule has 0 radical (unpaired) electrons. The van der Waals surface area contributed by atoms with Crippen LogP contribution >= 0.6 is 0 Å². The van der Waals surface area contributed by atoms with Gasteiger partial charge in [0, 0.05) is 45.0 Å². The molecule has 12 nitrogen and oxygen atoms in total. The van der Waals surface area contributed by atoms with E-state index in [1.807, 2.05) is 24.3 Å². The van der Waals surface area contributed by atoms with Crippen LogP contribution in [0.4, 0.5) is 15.3 Å². The van der Waals surface area contributed by atoms with Gasteiger partial charge in [0.1, 0.15) is 23.4 Å². The Labute approximate surface area is 203 Å². The summed E-state index contributed by atoms with van der Waals surface area (Å²) in [5, 5.41) is 3.45. The molecule has 2 unspecified atom stereocenters. The van der Waals surface area contributed by atoms with E-state index in [-0.39, 0.29) is 13.1 Å². The summed E-state index contributed by atoms with van der Waals surface area (Å²) in [6.45, 7) is 7.28. The second-order valence-electron chi connectivity index (χ2n) is 9.58. The van der Waals surface area contributed by atoms with Gasteiger partial charge in [-0.15, -0.1) is 0 Å². The van der Waals surface area contributed by atoms with Crippen molar-refractivity contribution in [1.29, 1.82) is 0 Å². The number of anilines is 1. The lowest BCUT2D eigenvalue weighted by molar-refractivity contribution is -0.161. The van der Waals surface area contributed by atoms with Gasteiger partial charge in [-0.25, -0.2) is 14.4 Å². The van der Waals surface area contributed by atoms with Crippen LogP contribution in [0.2, 0.25) is 0 Å². The maximum atomic E-state index is 13.0. The Bertz CT molecular complexity index is 985. The quantitative estimate of drug-likeness (QED) is 0.484. The van der Waals surface area contributed by atoms with Gasteiger partial charge in [0.15, 0.2) is 0 Å². The molecule has 3 fully saturated rings. The number of nitrogens with zero attached hydrogens (tertiary/aromatic N) is 4. The van der Waals surface area contributed by atoms with Gasteiger partial charge in [0.05, 0.1) is 7.11 Å². The summed E-state index contributed by atoms with van der Waals surface area (Å²) in [6.07, 6.45) is -0.789. The fraction of sp³-hybridized carbons (Fsp3) is 0.565. The van der Waals surface area contributed by atoms with E-state index in [9.17, 15) is 19.2 Å². The zero-order valence-electron chi connectivity index (χ0n) is 20.4. The molecule has 3 saturated heterocycles. The number of imide groups is 1. The van der Waals surface area contributed by atoms with E-state index in [4.69, 9.17) is 14.3 Å². The number of hydrogen-bond donors (Lipinski definition) is 1. The monoisotopic (exact) mass is 489 g/mol. The van der Waals surface area contributed by atoms with Crippen molar-refractivity contribution in [3.63, 3.8) is 0 Å². The number of methoxy groups -OCH3 is 1. The van der Waals surface area contributed by atoms with E-state index in [2.05, 4.69) is 10.2 Å². The zero-order chi connectivity index (χ0) is 25.3. The van der Waals surface area contributed by atoms with Gasteiger partial charge in [-0.1, -0.05) is 5.06 Å². The number of hydroxylamine groups is 2. The van der Waals surface area contributed by atoms with Crippen LogP contribution in [0.25, 0.3) is 0 Å². The van der Waals surface area contributed by atoms with Crippen LogP contribution in [0.5, 0.6) is 5.75 Å². The van der Waals surface area contributed by atoms with Crippen molar-refractivity contribution in [3.05, 3.63) is 24.3 Å². The van der Waals surface area contributed by atoms with Crippen LogP contribution in [0.1, 0.15) is 20.8 Å². The molecule has 12 heteroatoms. The third kappa shape index (κ3) is 5.11. The third-order valence-electron chi connectivity index (χ3n) is 6.05. The van der Waals surface area contributed by atoms with E-state index in [1.54, 1.807) is 27.9 Å². The van der Waals surface area contributed by atoms with E-state index in [0.717, 1.165) is 16.3 Å². The number of esters is 1. The molecule has 4 amide bonds. The Morgan fingerprint density at radius 1 is 1.00 bits per heavy atom. The molecule has 4 rings (SSSR count). The highest BCUT2D eigenvalue weighted by atomic mass is 16.7.